The first kappa shape index (κ1) is 10.5. The molecule has 0 amide bonds. The lowest BCUT2D eigenvalue weighted by molar-refractivity contribution is 1.19. The van der Waals surface area contributed by atoms with E-state index < -0.39 is 0 Å². The highest BCUT2D eigenvalue weighted by Gasteiger charge is 2.11. The second-order valence-corrected chi connectivity index (χ2v) is 4.67. The largest absolute Gasteiger partial charge is 0.337 e. The maximum Gasteiger partial charge on any atom is 0.138 e. The first-order valence-corrected chi connectivity index (χ1v) is 6.11. The van der Waals surface area contributed by atoms with E-state index in [1.165, 1.54) is 0 Å². The highest BCUT2D eigenvalue weighted by molar-refractivity contribution is 9.10. The number of halogens is 1. The van der Waals surface area contributed by atoms with Gasteiger partial charge < -0.3 is 4.98 Å². The van der Waals surface area contributed by atoms with E-state index in [-0.39, 0.29) is 0 Å². The van der Waals surface area contributed by atoms with Gasteiger partial charge in [-0.2, -0.15) is 0 Å². The number of pyridine rings is 2. The first-order chi connectivity index (χ1) is 8.25. The predicted molar refractivity (Wildman–Crippen MR) is 71.8 cm³/mol. The lowest BCUT2D eigenvalue weighted by Crippen LogP contribution is -1.86. The van der Waals surface area contributed by atoms with Crippen LogP contribution in [0.4, 0.5) is 0 Å². The van der Waals surface area contributed by atoms with E-state index in [0.29, 0.717) is 0 Å². The zero-order valence-electron chi connectivity index (χ0n) is 9.24. The third-order valence-electron chi connectivity index (χ3n) is 2.65. The number of hydrogen-bond acceptors (Lipinski definition) is 2. The van der Waals surface area contributed by atoms with E-state index in [9.17, 15) is 0 Å². The predicted octanol–water partition coefficient (Wildman–Crippen LogP) is 3.70. The van der Waals surface area contributed by atoms with Crippen molar-refractivity contribution in [2.75, 3.05) is 0 Å². The van der Waals surface area contributed by atoms with Gasteiger partial charge in [0.05, 0.1) is 15.9 Å². The van der Waals surface area contributed by atoms with Crippen LogP contribution in [0.5, 0.6) is 0 Å². The number of H-pyrrole nitrogens is 1. The van der Waals surface area contributed by atoms with Crippen LogP contribution in [0.1, 0.15) is 5.69 Å². The van der Waals surface area contributed by atoms with Gasteiger partial charge in [0.25, 0.3) is 0 Å². The van der Waals surface area contributed by atoms with Crippen LogP contribution in [-0.2, 0) is 0 Å². The molecule has 3 nitrogen and oxygen atoms in total. The Balaban J connectivity index is 2.27. The normalized spacial score (nSPS) is 10.9. The topological polar surface area (TPSA) is 41.6 Å². The summed E-state index contributed by atoms with van der Waals surface area (Å²) in [5.74, 6) is 0. The zero-order chi connectivity index (χ0) is 11.8. The molecule has 0 fully saturated rings. The number of fused-ring (bicyclic) bond motifs is 1. The van der Waals surface area contributed by atoms with E-state index in [2.05, 4.69) is 30.9 Å². The summed E-state index contributed by atoms with van der Waals surface area (Å²) >= 11 is 3.60. The van der Waals surface area contributed by atoms with Gasteiger partial charge in [-0.15, -0.1) is 0 Å². The Kier molecular flexibility index (Phi) is 2.44. The molecule has 0 saturated carbocycles. The Labute approximate surface area is 107 Å². The van der Waals surface area contributed by atoms with Crippen molar-refractivity contribution in [3.8, 4) is 11.4 Å². The number of hydrogen-bond donors (Lipinski definition) is 1. The maximum atomic E-state index is 4.51. The van der Waals surface area contributed by atoms with E-state index in [0.717, 1.165) is 32.6 Å². The molecule has 3 heterocycles. The third kappa shape index (κ3) is 1.74. The fourth-order valence-electron chi connectivity index (χ4n) is 1.85. The Morgan fingerprint density at radius 3 is 2.82 bits per heavy atom. The van der Waals surface area contributed by atoms with Gasteiger partial charge in [-0.1, -0.05) is 6.07 Å². The molecule has 0 unspecified atom stereocenters. The number of nitrogens with zero attached hydrogens (tertiary/aromatic N) is 2. The highest BCUT2D eigenvalue weighted by atomic mass is 79.9. The summed E-state index contributed by atoms with van der Waals surface area (Å²) in [6.45, 7) is 1.98. The second-order valence-electron chi connectivity index (χ2n) is 3.88. The average Bonchev–Trinajstić information content (AvgIpc) is 2.68. The molecule has 0 aliphatic heterocycles. The van der Waals surface area contributed by atoms with Gasteiger partial charge in [-0.05, 0) is 47.1 Å². The first-order valence-electron chi connectivity index (χ1n) is 5.32. The van der Waals surface area contributed by atoms with Gasteiger partial charge in [0.15, 0.2) is 0 Å². The number of aryl methyl sites for hydroxylation is 1. The van der Waals surface area contributed by atoms with E-state index in [1.807, 2.05) is 37.3 Å². The van der Waals surface area contributed by atoms with Crippen molar-refractivity contribution >= 4 is 27.0 Å². The Morgan fingerprint density at radius 2 is 2.06 bits per heavy atom. The van der Waals surface area contributed by atoms with Crippen molar-refractivity contribution in [3.05, 3.63) is 46.7 Å². The minimum atomic E-state index is 0.873. The van der Waals surface area contributed by atoms with Crippen molar-refractivity contribution in [3.63, 3.8) is 0 Å². The van der Waals surface area contributed by atoms with Crippen LogP contribution in [-0.4, -0.2) is 15.0 Å². The molecule has 3 aromatic heterocycles. The molecular formula is C13H10BrN3. The summed E-state index contributed by atoms with van der Waals surface area (Å²) in [4.78, 5) is 12.1. The molecule has 17 heavy (non-hydrogen) atoms. The Bertz CT molecular complexity index is 688. The van der Waals surface area contributed by atoms with Crippen molar-refractivity contribution in [2.45, 2.75) is 6.92 Å². The van der Waals surface area contributed by atoms with E-state index >= 15 is 0 Å². The van der Waals surface area contributed by atoms with Crippen LogP contribution < -0.4 is 0 Å². The minimum absolute atomic E-state index is 0.873. The van der Waals surface area contributed by atoms with Gasteiger partial charge >= 0.3 is 0 Å². The molecule has 0 atom stereocenters. The number of aromatic amines is 1. The minimum Gasteiger partial charge on any atom is -0.337 e. The number of rotatable bonds is 1. The Hall–Kier alpha value is -1.68. The van der Waals surface area contributed by atoms with Crippen LogP contribution in [0.25, 0.3) is 22.4 Å². The zero-order valence-corrected chi connectivity index (χ0v) is 10.8. The highest BCUT2D eigenvalue weighted by Crippen LogP contribution is 2.32. The molecule has 0 aliphatic carbocycles. The fourth-order valence-corrected chi connectivity index (χ4v) is 2.47. The van der Waals surface area contributed by atoms with Crippen molar-refractivity contribution in [1.29, 1.82) is 0 Å². The molecule has 3 rings (SSSR count). The van der Waals surface area contributed by atoms with E-state index in [4.69, 9.17) is 0 Å². The maximum absolute atomic E-state index is 4.51. The summed E-state index contributed by atoms with van der Waals surface area (Å²) in [5.41, 5.74) is 3.77. The summed E-state index contributed by atoms with van der Waals surface area (Å²) in [7, 11) is 0. The fraction of sp³-hybridized carbons (Fsp3) is 0.0769. The van der Waals surface area contributed by atoms with Crippen LogP contribution >= 0.6 is 15.9 Å². The molecule has 3 aromatic rings. The molecule has 0 aliphatic rings. The third-order valence-corrected chi connectivity index (χ3v) is 3.48. The smallest absolute Gasteiger partial charge is 0.138 e. The van der Waals surface area contributed by atoms with Gasteiger partial charge in [-0.3, -0.25) is 4.98 Å². The van der Waals surface area contributed by atoms with Crippen molar-refractivity contribution in [2.24, 2.45) is 0 Å². The van der Waals surface area contributed by atoms with Crippen LogP contribution in [0.2, 0.25) is 0 Å². The standard InChI is InChI=1S/C13H10BrN3/c1-8-4-2-6-10(16-8)12-11(14)9-5-3-7-15-13(9)17-12/h2-7H,1H3,(H,15,17). The lowest BCUT2D eigenvalue weighted by Gasteiger charge is -1.99. The van der Waals surface area contributed by atoms with Gasteiger partial charge in [0.2, 0.25) is 0 Å². The molecule has 1 N–H and O–H groups in total. The quantitative estimate of drug-likeness (QED) is 0.742. The lowest BCUT2D eigenvalue weighted by atomic mass is 10.2. The molecule has 0 saturated heterocycles. The summed E-state index contributed by atoms with van der Waals surface area (Å²) in [5, 5.41) is 1.07. The van der Waals surface area contributed by atoms with Crippen LogP contribution in [0, 0.1) is 6.92 Å². The van der Waals surface area contributed by atoms with Crippen LogP contribution in [0.3, 0.4) is 0 Å². The van der Waals surface area contributed by atoms with Gasteiger partial charge in [0.1, 0.15) is 5.65 Å². The summed E-state index contributed by atoms with van der Waals surface area (Å²) in [6, 6.07) is 9.93. The summed E-state index contributed by atoms with van der Waals surface area (Å²) in [6.07, 6.45) is 1.78. The van der Waals surface area contributed by atoms with Gasteiger partial charge in [0, 0.05) is 17.3 Å². The number of nitrogens with one attached hydrogen (secondary N) is 1. The van der Waals surface area contributed by atoms with Crippen molar-refractivity contribution in [1.82, 2.24) is 15.0 Å². The molecule has 0 aromatic carbocycles. The molecular weight excluding hydrogens is 278 g/mol. The summed E-state index contributed by atoms with van der Waals surface area (Å²) < 4.78 is 1.01. The van der Waals surface area contributed by atoms with Gasteiger partial charge in [-0.25, -0.2) is 4.98 Å². The van der Waals surface area contributed by atoms with E-state index in [1.54, 1.807) is 6.20 Å². The molecule has 0 spiro atoms. The molecule has 4 heteroatoms. The van der Waals surface area contributed by atoms with Crippen molar-refractivity contribution < 1.29 is 0 Å². The number of aromatic nitrogens is 3. The molecule has 84 valence electrons. The Morgan fingerprint density at radius 1 is 1.18 bits per heavy atom. The second kappa shape index (κ2) is 3.96. The monoisotopic (exact) mass is 287 g/mol. The van der Waals surface area contributed by atoms with Crippen LogP contribution in [0.15, 0.2) is 41.0 Å². The molecule has 0 bridgehead atoms. The average molecular weight is 288 g/mol. The SMILES string of the molecule is Cc1cccc(-c2[nH]c3ncccc3c2Br)n1. The molecule has 0 radical (unpaired) electrons.